The van der Waals surface area contributed by atoms with Gasteiger partial charge >= 0.3 is 0 Å². The lowest BCUT2D eigenvalue weighted by atomic mass is 10.0. The maximum atomic E-state index is 13.8. The quantitative estimate of drug-likeness (QED) is 0.859. The Labute approximate surface area is 113 Å². The van der Waals surface area contributed by atoms with E-state index in [-0.39, 0.29) is 10.8 Å². The molecule has 1 heterocycles. The van der Waals surface area contributed by atoms with Crippen LogP contribution < -0.4 is 5.32 Å². The van der Waals surface area contributed by atoms with Crippen LogP contribution >= 0.6 is 11.6 Å². The van der Waals surface area contributed by atoms with E-state index in [0.717, 1.165) is 6.07 Å². The van der Waals surface area contributed by atoms with Gasteiger partial charge in [-0.25, -0.2) is 13.2 Å². The third-order valence-electron chi connectivity index (χ3n) is 2.64. The van der Waals surface area contributed by atoms with Crippen LogP contribution in [0.1, 0.15) is 24.3 Å². The molecule has 1 aromatic carbocycles. The second-order valence-electron chi connectivity index (χ2n) is 3.92. The SMILES string of the molecule is CCNC(c1ccc(Cl)o1)c1cc(F)c(F)cc1F. The molecule has 102 valence electrons. The van der Waals surface area contributed by atoms with E-state index in [2.05, 4.69) is 5.32 Å². The van der Waals surface area contributed by atoms with Crippen molar-refractivity contribution in [3.05, 3.63) is 58.3 Å². The highest BCUT2D eigenvalue weighted by atomic mass is 35.5. The van der Waals surface area contributed by atoms with E-state index in [1.165, 1.54) is 6.07 Å². The first-order valence-corrected chi connectivity index (χ1v) is 6.03. The number of benzene rings is 1. The number of halogens is 4. The topological polar surface area (TPSA) is 25.2 Å². The van der Waals surface area contributed by atoms with Crippen LogP contribution in [0, 0.1) is 17.5 Å². The highest BCUT2D eigenvalue weighted by Crippen LogP contribution is 2.28. The summed E-state index contributed by atoms with van der Waals surface area (Å²) in [5.41, 5.74) is -0.0354. The summed E-state index contributed by atoms with van der Waals surface area (Å²) in [4.78, 5) is 0. The van der Waals surface area contributed by atoms with Gasteiger partial charge in [0.15, 0.2) is 16.9 Å². The first kappa shape index (κ1) is 14.0. The van der Waals surface area contributed by atoms with Crippen LogP contribution in [0.4, 0.5) is 13.2 Å². The second-order valence-corrected chi connectivity index (χ2v) is 4.29. The third-order valence-corrected chi connectivity index (χ3v) is 2.84. The molecule has 0 aliphatic carbocycles. The predicted octanol–water partition coefficient (Wildman–Crippen LogP) is 4.05. The zero-order valence-corrected chi connectivity index (χ0v) is 10.8. The molecule has 19 heavy (non-hydrogen) atoms. The lowest BCUT2D eigenvalue weighted by Gasteiger charge is -2.17. The van der Waals surface area contributed by atoms with Gasteiger partial charge in [0.05, 0.1) is 6.04 Å². The van der Waals surface area contributed by atoms with Crippen LogP contribution in [0.5, 0.6) is 0 Å². The molecule has 0 saturated carbocycles. The van der Waals surface area contributed by atoms with Crippen molar-refractivity contribution in [1.29, 1.82) is 0 Å². The number of rotatable bonds is 4. The molecular weight excluding hydrogens is 279 g/mol. The molecule has 2 aromatic rings. The van der Waals surface area contributed by atoms with Crippen molar-refractivity contribution in [2.45, 2.75) is 13.0 Å². The second kappa shape index (κ2) is 5.67. The smallest absolute Gasteiger partial charge is 0.193 e. The van der Waals surface area contributed by atoms with E-state index in [1.54, 1.807) is 13.0 Å². The Kier molecular flexibility index (Phi) is 4.17. The Bertz CT molecular complexity index is 585. The fourth-order valence-corrected chi connectivity index (χ4v) is 1.96. The van der Waals surface area contributed by atoms with Gasteiger partial charge in [-0.2, -0.15) is 0 Å². The number of furan rings is 1. The Hall–Kier alpha value is -1.46. The van der Waals surface area contributed by atoms with Crippen molar-refractivity contribution < 1.29 is 17.6 Å². The number of nitrogens with one attached hydrogen (secondary N) is 1. The minimum Gasteiger partial charge on any atom is -0.448 e. The molecule has 0 radical (unpaired) electrons. The van der Waals surface area contributed by atoms with Gasteiger partial charge in [-0.15, -0.1) is 0 Å². The third kappa shape index (κ3) is 2.93. The standard InChI is InChI=1S/C13H11ClF3NO/c1-2-18-13(11-3-4-12(14)19-11)7-5-9(16)10(17)6-8(7)15/h3-6,13,18H,2H2,1H3. The Balaban J connectivity index is 2.47. The van der Waals surface area contributed by atoms with Crippen LogP contribution in [0.25, 0.3) is 0 Å². The number of hydrogen-bond acceptors (Lipinski definition) is 2. The van der Waals surface area contributed by atoms with Crippen molar-refractivity contribution in [2.24, 2.45) is 0 Å². The number of hydrogen-bond donors (Lipinski definition) is 1. The summed E-state index contributed by atoms with van der Waals surface area (Å²) in [5, 5.41) is 3.07. The van der Waals surface area contributed by atoms with Gasteiger partial charge in [-0.1, -0.05) is 6.92 Å². The van der Waals surface area contributed by atoms with Crippen molar-refractivity contribution in [3.63, 3.8) is 0 Å². The summed E-state index contributed by atoms with van der Waals surface area (Å²) in [5.74, 6) is -2.86. The monoisotopic (exact) mass is 289 g/mol. The molecule has 0 saturated heterocycles. The summed E-state index contributed by atoms with van der Waals surface area (Å²) in [6.45, 7) is 2.29. The molecule has 0 bridgehead atoms. The van der Waals surface area contributed by atoms with Gasteiger partial charge in [-0.3, -0.25) is 0 Å². The molecular formula is C13H11ClF3NO. The van der Waals surface area contributed by atoms with E-state index in [1.807, 2.05) is 0 Å². The molecule has 2 rings (SSSR count). The normalized spacial score (nSPS) is 12.7. The predicted molar refractivity (Wildman–Crippen MR) is 65.6 cm³/mol. The summed E-state index contributed by atoms with van der Waals surface area (Å²) < 4.78 is 45.2. The van der Waals surface area contributed by atoms with Crippen molar-refractivity contribution in [2.75, 3.05) is 6.54 Å². The van der Waals surface area contributed by atoms with Crippen LogP contribution in [0.15, 0.2) is 28.7 Å². The van der Waals surface area contributed by atoms with Crippen LogP contribution in [0.3, 0.4) is 0 Å². The minimum absolute atomic E-state index is 0.0354. The van der Waals surface area contributed by atoms with E-state index < -0.39 is 23.5 Å². The zero-order chi connectivity index (χ0) is 14.0. The maximum Gasteiger partial charge on any atom is 0.193 e. The van der Waals surface area contributed by atoms with Crippen LogP contribution in [0.2, 0.25) is 5.22 Å². The molecule has 0 aliphatic rings. The van der Waals surface area contributed by atoms with Crippen LogP contribution in [-0.4, -0.2) is 6.54 Å². The van der Waals surface area contributed by atoms with E-state index in [0.29, 0.717) is 18.4 Å². The summed E-state index contributed by atoms with van der Waals surface area (Å²) in [6, 6.07) is 3.65. The molecule has 1 N–H and O–H groups in total. The molecule has 0 amide bonds. The minimum atomic E-state index is -1.23. The molecule has 0 fully saturated rings. The average molecular weight is 290 g/mol. The van der Waals surface area contributed by atoms with Crippen molar-refractivity contribution in [1.82, 2.24) is 5.32 Å². The highest BCUT2D eigenvalue weighted by molar-refractivity contribution is 6.28. The van der Waals surface area contributed by atoms with Gasteiger partial charge in [-0.05, 0) is 36.3 Å². The molecule has 1 atom stereocenters. The van der Waals surface area contributed by atoms with E-state index in [4.69, 9.17) is 16.0 Å². The van der Waals surface area contributed by atoms with Crippen molar-refractivity contribution >= 4 is 11.6 Å². The molecule has 6 heteroatoms. The summed E-state index contributed by atoms with van der Waals surface area (Å²) >= 11 is 5.67. The zero-order valence-electron chi connectivity index (χ0n) is 10.0. The first-order chi connectivity index (χ1) is 9.02. The lowest BCUT2D eigenvalue weighted by Crippen LogP contribution is -2.23. The summed E-state index contributed by atoms with van der Waals surface area (Å²) in [7, 11) is 0. The van der Waals surface area contributed by atoms with Crippen molar-refractivity contribution in [3.8, 4) is 0 Å². The molecule has 1 unspecified atom stereocenters. The maximum absolute atomic E-state index is 13.8. The first-order valence-electron chi connectivity index (χ1n) is 5.66. The Morgan fingerprint density at radius 3 is 2.42 bits per heavy atom. The van der Waals surface area contributed by atoms with Gasteiger partial charge in [0.1, 0.15) is 11.6 Å². The largest absolute Gasteiger partial charge is 0.448 e. The van der Waals surface area contributed by atoms with E-state index >= 15 is 0 Å². The summed E-state index contributed by atoms with van der Waals surface area (Å²) in [6.07, 6.45) is 0. The fraction of sp³-hybridized carbons (Fsp3) is 0.231. The molecule has 0 aliphatic heterocycles. The highest BCUT2D eigenvalue weighted by Gasteiger charge is 2.22. The molecule has 0 spiro atoms. The molecule has 2 nitrogen and oxygen atoms in total. The lowest BCUT2D eigenvalue weighted by molar-refractivity contribution is 0.434. The molecule has 1 aromatic heterocycles. The average Bonchev–Trinajstić information content (AvgIpc) is 2.78. The Morgan fingerprint density at radius 1 is 1.16 bits per heavy atom. The van der Waals surface area contributed by atoms with Gasteiger partial charge in [0, 0.05) is 11.6 Å². The van der Waals surface area contributed by atoms with Gasteiger partial charge in [0.25, 0.3) is 0 Å². The van der Waals surface area contributed by atoms with Gasteiger partial charge < -0.3 is 9.73 Å². The van der Waals surface area contributed by atoms with Crippen LogP contribution in [-0.2, 0) is 0 Å². The fourth-order valence-electron chi connectivity index (χ4n) is 1.81. The Morgan fingerprint density at radius 2 is 1.84 bits per heavy atom. The van der Waals surface area contributed by atoms with E-state index in [9.17, 15) is 13.2 Å². The van der Waals surface area contributed by atoms with Gasteiger partial charge in [0.2, 0.25) is 0 Å².